The SMILES string of the molecule is CC[C@]1(O)C[C@H]2CN(CCc3c([nH]c4ccccc34)[C@@](C(=O)OC)(c3cc4c(cc3OC)N(C=O)[C@H]3[C@@](O)(C(=O)OC)[C@H](OC(C)=O)[C@]5(CC)C=CCN6CC[C@]43[C@@H]65)C2)C1.Oc1c(Cl)cc(Cl)c(Cl)c1Cc1c(O)c(Cl)cc(Cl)c1Cl. The number of ether oxygens (including phenoxy) is 4. The third-order valence-corrected chi connectivity index (χ3v) is 20.6. The van der Waals surface area contributed by atoms with E-state index < -0.39 is 63.5 Å². The minimum Gasteiger partial charge on any atom is -0.506 e. The van der Waals surface area contributed by atoms with E-state index in [1.54, 1.807) is 6.07 Å². The van der Waals surface area contributed by atoms with Crippen molar-refractivity contribution < 1.29 is 58.6 Å². The van der Waals surface area contributed by atoms with Crippen molar-refractivity contribution >= 4 is 111 Å². The van der Waals surface area contributed by atoms with Gasteiger partial charge in [-0.15, -0.1) is 0 Å². The van der Waals surface area contributed by atoms with Gasteiger partial charge in [-0.1, -0.05) is 114 Å². The van der Waals surface area contributed by atoms with E-state index >= 15 is 4.79 Å². The molecule has 6 aliphatic rings. The second kappa shape index (κ2) is 21.9. The number of carbonyl (C=O) groups is 4. The van der Waals surface area contributed by atoms with E-state index in [1.807, 2.05) is 50.3 Å². The Bertz CT molecular complexity index is 3320. The number of hydrogen-bond acceptors (Lipinski definition) is 14. The summed E-state index contributed by atoms with van der Waals surface area (Å²) in [5.74, 6) is -2.57. The first-order valence-corrected chi connectivity index (χ1v) is 29.0. The second-order valence-corrected chi connectivity index (χ2v) is 24.6. The van der Waals surface area contributed by atoms with Crippen molar-refractivity contribution in [1.29, 1.82) is 0 Å². The lowest BCUT2D eigenvalue weighted by Crippen LogP contribution is -2.81. The number of para-hydroxylation sites is 1. The molecule has 1 amide bonds. The third-order valence-electron chi connectivity index (χ3n) is 18.3. The van der Waals surface area contributed by atoms with Gasteiger partial charge in [0.25, 0.3) is 0 Å². The minimum absolute atomic E-state index is 0.0307. The highest BCUT2D eigenvalue weighted by molar-refractivity contribution is 6.45. The summed E-state index contributed by atoms with van der Waals surface area (Å²) in [6, 6.07) is 12.6. The van der Waals surface area contributed by atoms with Gasteiger partial charge in [0.1, 0.15) is 22.7 Å². The van der Waals surface area contributed by atoms with Crippen LogP contribution in [0.4, 0.5) is 5.69 Å². The highest BCUT2D eigenvalue weighted by Crippen LogP contribution is 2.68. The summed E-state index contributed by atoms with van der Waals surface area (Å²) >= 11 is 35.7. The molecule has 1 aromatic heterocycles. The summed E-state index contributed by atoms with van der Waals surface area (Å²) < 4.78 is 23.7. The number of aromatic nitrogens is 1. The third kappa shape index (κ3) is 8.98. The first kappa shape index (κ1) is 59.2. The predicted octanol–water partition coefficient (Wildman–Crippen LogP) is 10.1. The number of aromatic hydroxyl groups is 2. The van der Waals surface area contributed by atoms with Gasteiger partial charge in [0.05, 0.1) is 68.8 Å². The fourth-order valence-electron chi connectivity index (χ4n) is 15.1. The lowest BCUT2D eigenvalue weighted by molar-refractivity contribution is -0.228. The summed E-state index contributed by atoms with van der Waals surface area (Å²) in [7, 11) is 4.09. The number of nitrogens with zero attached hydrogens (tertiary/aromatic N) is 3. The number of amides is 1. The number of nitrogens with one attached hydrogen (secondary N) is 1. The summed E-state index contributed by atoms with van der Waals surface area (Å²) in [5.41, 5.74) is -2.73. The average molecular weight is 1230 g/mol. The first-order chi connectivity index (χ1) is 38.5. The van der Waals surface area contributed by atoms with Gasteiger partial charge in [-0.3, -0.25) is 24.2 Å². The van der Waals surface area contributed by atoms with E-state index in [9.17, 15) is 34.8 Å². The van der Waals surface area contributed by atoms with Crippen LogP contribution in [0.5, 0.6) is 17.2 Å². The number of rotatable bonds is 10. The lowest BCUT2D eigenvalue weighted by Gasteiger charge is -2.63. The minimum atomic E-state index is -2.53. The number of phenols is 2. The number of anilines is 1. The first-order valence-electron chi connectivity index (χ1n) is 26.7. The fourth-order valence-corrected chi connectivity index (χ4v) is 16.6. The topological polar surface area (TPSA) is 212 Å². The maximum Gasteiger partial charge on any atom is 0.344 e. The molecule has 22 heteroatoms. The van der Waals surface area contributed by atoms with Crippen molar-refractivity contribution in [2.75, 3.05) is 59.0 Å². The molecule has 2 bridgehead atoms. The zero-order valence-corrected chi connectivity index (χ0v) is 49.8. The molecule has 5 aliphatic heterocycles. The molecule has 432 valence electrons. The van der Waals surface area contributed by atoms with E-state index in [2.05, 4.69) is 20.9 Å². The van der Waals surface area contributed by atoms with Gasteiger partial charge in [-0.25, -0.2) is 4.79 Å². The van der Waals surface area contributed by atoms with Gasteiger partial charge in [0.15, 0.2) is 6.10 Å². The summed E-state index contributed by atoms with van der Waals surface area (Å²) in [6.07, 6.45) is 5.79. The number of methoxy groups -OCH3 is 3. The van der Waals surface area contributed by atoms with E-state index in [0.29, 0.717) is 99.5 Å². The molecule has 16 nitrogen and oxygen atoms in total. The van der Waals surface area contributed by atoms with Gasteiger partial charge < -0.3 is 49.3 Å². The number of carbonyl (C=O) groups excluding carboxylic acids is 4. The Morgan fingerprint density at radius 2 is 1.47 bits per heavy atom. The Labute approximate surface area is 498 Å². The van der Waals surface area contributed by atoms with Crippen molar-refractivity contribution in [3.8, 4) is 17.2 Å². The summed E-state index contributed by atoms with van der Waals surface area (Å²) in [4.78, 5) is 66.1. The Kier molecular flexibility index (Phi) is 16.0. The number of hydrogen-bond donors (Lipinski definition) is 5. The number of piperidine rings is 1. The largest absolute Gasteiger partial charge is 0.506 e. The number of phenolic OH excluding ortho intramolecular Hbond substituents is 2. The number of halogens is 6. The highest BCUT2D eigenvalue weighted by atomic mass is 35.5. The Balaban J connectivity index is 0.000000295. The van der Waals surface area contributed by atoms with Crippen LogP contribution < -0.4 is 9.64 Å². The summed E-state index contributed by atoms with van der Waals surface area (Å²) in [6.45, 7) is 8.16. The van der Waals surface area contributed by atoms with Crippen molar-refractivity contribution in [3.63, 3.8) is 0 Å². The number of aliphatic hydroxyl groups is 2. The molecule has 1 aliphatic carbocycles. The molecule has 11 rings (SSSR count). The van der Waals surface area contributed by atoms with Gasteiger partial charge in [-0.05, 0) is 86.4 Å². The van der Waals surface area contributed by atoms with Crippen LogP contribution in [0, 0.1) is 11.3 Å². The molecular formula is C59H62Cl6N4O12. The maximum absolute atomic E-state index is 15.3. The zero-order valence-electron chi connectivity index (χ0n) is 45.3. The molecule has 6 heterocycles. The van der Waals surface area contributed by atoms with Gasteiger partial charge in [-0.2, -0.15) is 0 Å². The summed E-state index contributed by atoms with van der Waals surface area (Å²) in [5, 5.41) is 46.9. The van der Waals surface area contributed by atoms with Crippen LogP contribution in [-0.4, -0.2) is 143 Å². The smallest absolute Gasteiger partial charge is 0.344 e. The Morgan fingerprint density at radius 3 is 2.06 bits per heavy atom. The molecule has 5 N–H and O–H groups in total. The monoisotopic (exact) mass is 1230 g/mol. The van der Waals surface area contributed by atoms with Gasteiger partial charge in [0.2, 0.25) is 12.0 Å². The number of aromatic amines is 1. The van der Waals surface area contributed by atoms with Crippen LogP contribution in [0.3, 0.4) is 0 Å². The molecule has 10 atom stereocenters. The Morgan fingerprint density at radius 1 is 0.815 bits per heavy atom. The van der Waals surface area contributed by atoms with Crippen LogP contribution in [0.2, 0.25) is 30.1 Å². The number of H-pyrrole nitrogens is 1. The van der Waals surface area contributed by atoms with E-state index in [0.717, 1.165) is 16.5 Å². The standard InChI is InChI=1S/C46H56N4O10.C13H6Cl6O2/c1-7-42(55)22-28-23-45(40(53)58-5,36-30(14-18-48(24-28)25-42)29-12-9-10-13-33(29)47-36)32-20-31-34(21-35(32)57-4)50(26-51)38-44(31)16-19-49-17-11-15-43(8-2,37(44)49)39(60-27(3)52)46(38,56)41(54)59-6;14-6-2-8(16)12(20)4(10(6)18)1-5-11(19)7(15)3-9(17)13(5)21/h9-13,15,20-21,26,28,37-39,47,55-56H,7-8,14,16-19,22-25H2,1-6H3;2-3,20-21H,1H2/t28-,37+,38-,39-,42+,43-,44-,45+,46+;/m1./s1. The van der Waals surface area contributed by atoms with Crippen molar-refractivity contribution in [2.24, 2.45) is 11.3 Å². The number of benzene rings is 4. The molecule has 4 aromatic carbocycles. The van der Waals surface area contributed by atoms with Crippen LogP contribution in [0.15, 0.2) is 60.7 Å². The molecular weight excluding hydrogens is 1170 g/mol. The van der Waals surface area contributed by atoms with Crippen LogP contribution >= 0.6 is 69.6 Å². The van der Waals surface area contributed by atoms with Crippen LogP contribution in [0.25, 0.3) is 10.9 Å². The Hall–Kier alpha value is -4.98. The molecule has 3 fully saturated rings. The van der Waals surface area contributed by atoms with Crippen molar-refractivity contribution in [3.05, 3.63) is 124 Å². The average Bonchev–Trinajstić information content (AvgIpc) is 2.06. The fraction of sp³-hybridized carbons (Fsp3) is 0.458. The van der Waals surface area contributed by atoms with E-state index in [1.165, 1.54) is 45.3 Å². The second-order valence-electron chi connectivity index (χ2n) is 22.2. The number of esters is 3. The maximum atomic E-state index is 15.3. The number of fused-ring (bicyclic) bond motifs is 6. The highest BCUT2D eigenvalue weighted by Gasteiger charge is 2.81. The quantitative estimate of drug-likeness (QED) is 0.0290. The van der Waals surface area contributed by atoms with Gasteiger partial charge >= 0.3 is 17.9 Å². The van der Waals surface area contributed by atoms with Crippen molar-refractivity contribution in [1.82, 2.24) is 14.8 Å². The van der Waals surface area contributed by atoms with Gasteiger partial charge in [0, 0.05) is 95.7 Å². The molecule has 2 saturated heterocycles. The normalized spacial score (nSPS) is 29.9. The predicted molar refractivity (Wildman–Crippen MR) is 310 cm³/mol. The molecule has 5 aromatic rings. The molecule has 81 heavy (non-hydrogen) atoms. The van der Waals surface area contributed by atoms with Crippen LogP contribution in [0.1, 0.15) is 86.4 Å². The van der Waals surface area contributed by atoms with E-state index in [4.69, 9.17) is 88.6 Å². The van der Waals surface area contributed by atoms with Crippen LogP contribution in [-0.2, 0) is 57.1 Å². The van der Waals surface area contributed by atoms with E-state index in [-0.39, 0.29) is 71.5 Å². The molecule has 1 unspecified atom stereocenters. The zero-order chi connectivity index (χ0) is 58.5. The van der Waals surface area contributed by atoms with Crippen molar-refractivity contribution in [2.45, 2.75) is 106 Å². The molecule has 1 spiro atoms. The molecule has 1 saturated carbocycles. The lowest BCUT2D eigenvalue weighted by atomic mass is 9.47. The molecule has 0 radical (unpaired) electrons.